The molecule has 4 rings (SSSR count). The van der Waals surface area contributed by atoms with Gasteiger partial charge in [0.05, 0.1) is 21.7 Å². The molecule has 1 saturated heterocycles. The maximum absolute atomic E-state index is 13.0. The van der Waals surface area contributed by atoms with Crippen molar-refractivity contribution in [1.82, 2.24) is 8.87 Å². The molecule has 0 N–H and O–H groups in total. The zero-order valence-corrected chi connectivity index (χ0v) is 21.3. The quantitative estimate of drug-likeness (QED) is 0.485. The van der Waals surface area contributed by atoms with Crippen molar-refractivity contribution in [2.75, 3.05) is 13.1 Å². The van der Waals surface area contributed by atoms with Gasteiger partial charge in [0.25, 0.3) is 5.91 Å². The summed E-state index contributed by atoms with van der Waals surface area (Å²) in [5.41, 5.74) is 2.48. The molecule has 6 nitrogen and oxygen atoms in total. The summed E-state index contributed by atoms with van der Waals surface area (Å²) in [5, 5.41) is 0. The van der Waals surface area contributed by atoms with Gasteiger partial charge in [-0.3, -0.25) is 4.79 Å². The van der Waals surface area contributed by atoms with Gasteiger partial charge in [-0.25, -0.2) is 8.42 Å². The Hall–Kier alpha value is -2.73. The van der Waals surface area contributed by atoms with Crippen LogP contribution in [0.5, 0.6) is 0 Å². The van der Waals surface area contributed by atoms with E-state index < -0.39 is 15.9 Å². The number of amides is 1. The van der Waals surface area contributed by atoms with E-state index in [4.69, 9.17) is 6.42 Å². The number of nitrogens with zero attached hydrogens (tertiary/aromatic N) is 3. The van der Waals surface area contributed by atoms with E-state index in [2.05, 4.69) is 43.8 Å². The second-order valence-corrected chi connectivity index (χ2v) is 12.0. The number of carbonyl (C=O) groups is 1. The summed E-state index contributed by atoms with van der Waals surface area (Å²) in [6, 6.07) is 12.2. The minimum atomic E-state index is -3.56. The number of fused-ring (bicyclic) bond motifs is 1. The van der Waals surface area contributed by atoms with Crippen LogP contribution in [-0.2, 0) is 16.6 Å². The van der Waals surface area contributed by atoms with Crippen molar-refractivity contribution in [3.05, 3.63) is 58.4 Å². The van der Waals surface area contributed by atoms with E-state index in [1.54, 1.807) is 0 Å². The molecule has 2 aromatic carbocycles. The lowest BCUT2D eigenvalue weighted by Crippen LogP contribution is -2.37. The van der Waals surface area contributed by atoms with Crippen LogP contribution in [0.1, 0.15) is 55.5 Å². The topological polar surface area (TPSA) is 71.7 Å². The van der Waals surface area contributed by atoms with Crippen molar-refractivity contribution >= 4 is 37.5 Å². The van der Waals surface area contributed by atoms with E-state index in [9.17, 15) is 13.2 Å². The van der Waals surface area contributed by atoms with Gasteiger partial charge in [0.1, 0.15) is 0 Å². The fourth-order valence-electron chi connectivity index (χ4n) is 4.07. The Morgan fingerprint density at radius 1 is 1.18 bits per heavy atom. The lowest BCUT2D eigenvalue weighted by Gasteiger charge is -2.29. The molecule has 0 bridgehead atoms. The molecule has 178 valence electrons. The van der Waals surface area contributed by atoms with Crippen LogP contribution in [-0.4, -0.2) is 36.3 Å². The average Bonchev–Trinajstić information content (AvgIpc) is 3.15. The summed E-state index contributed by atoms with van der Waals surface area (Å²) in [5.74, 6) is 3.13. The molecule has 1 aliphatic rings. The highest BCUT2D eigenvalue weighted by Crippen LogP contribution is 2.25. The Balaban J connectivity index is 1.64. The second-order valence-electron chi connectivity index (χ2n) is 9.08. The molecule has 3 aromatic rings. The smallest absolute Gasteiger partial charge is 0.279 e. The summed E-state index contributed by atoms with van der Waals surface area (Å²) in [6.07, 6.45) is 7.30. The number of benzene rings is 2. The van der Waals surface area contributed by atoms with E-state index in [0.717, 1.165) is 23.1 Å². The van der Waals surface area contributed by atoms with E-state index in [0.29, 0.717) is 41.8 Å². The van der Waals surface area contributed by atoms with Gasteiger partial charge in [0.2, 0.25) is 10.0 Å². The highest BCUT2D eigenvalue weighted by Gasteiger charge is 2.28. The van der Waals surface area contributed by atoms with Crippen molar-refractivity contribution in [2.24, 2.45) is 10.9 Å². The number of hydrogen-bond donors (Lipinski definition) is 0. The molecule has 0 radical (unpaired) electrons. The number of sulfonamides is 1. The van der Waals surface area contributed by atoms with E-state index in [1.165, 1.54) is 45.5 Å². The van der Waals surface area contributed by atoms with Gasteiger partial charge in [-0.1, -0.05) is 44.1 Å². The number of thiazole rings is 1. The van der Waals surface area contributed by atoms with Gasteiger partial charge in [0.15, 0.2) is 4.80 Å². The van der Waals surface area contributed by atoms with Crippen molar-refractivity contribution < 1.29 is 13.2 Å². The molecule has 2 heterocycles. The number of piperidine rings is 1. The molecule has 1 aromatic heterocycles. The Morgan fingerprint density at radius 2 is 1.85 bits per heavy atom. The van der Waals surface area contributed by atoms with Gasteiger partial charge in [-0.05, 0) is 66.6 Å². The van der Waals surface area contributed by atoms with Crippen molar-refractivity contribution in [3.63, 3.8) is 0 Å². The first-order valence-electron chi connectivity index (χ1n) is 11.5. The van der Waals surface area contributed by atoms with Crippen LogP contribution in [0.4, 0.5) is 0 Å². The monoisotopic (exact) mass is 495 g/mol. The van der Waals surface area contributed by atoms with Crippen LogP contribution in [0, 0.1) is 18.3 Å². The molecule has 1 aliphatic heterocycles. The molecule has 0 spiro atoms. The average molecular weight is 496 g/mol. The first-order chi connectivity index (χ1) is 16.2. The fraction of sp³-hybridized carbons (Fsp3) is 0.385. The van der Waals surface area contributed by atoms with Crippen LogP contribution in [0.25, 0.3) is 10.2 Å². The van der Waals surface area contributed by atoms with Gasteiger partial charge < -0.3 is 4.57 Å². The van der Waals surface area contributed by atoms with Crippen molar-refractivity contribution in [3.8, 4) is 12.3 Å². The van der Waals surface area contributed by atoms with Crippen molar-refractivity contribution in [1.29, 1.82) is 0 Å². The van der Waals surface area contributed by atoms with Gasteiger partial charge >= 0.3 is 0 Å². The maximum Gasteiger partial charge on any atom is 0.279 e. The summed E-state index contributed by atoms with van der Waals surface area (Å²) >= 11 is 1.42. The number of carbonyl (C=O) groups excluding carboxylic acids is 1. The first-order valence-corrected chi connectivity index (χ1v) is 13.7. The molecule has 0 saturated carbocycles. The Morgan fingerprint density at radius 3 is 2.47 bits per heavy atom. The summed E-state index contributed by atoms with van der Waals surface area (Å²) in [6.45, 7) is 7.77. The highest BCUT2D eigenvalue weighted by molar-refractivity contribution is 7.89. The fourth-order valence-corrected chi connectivity index (χ4v) is 6.62. The molecule has 1 fully saturated rings. The highest BCUT2D eigenvalue weighted by atomic mass is 32.2. The van der Waals surface area contributed by atoms with Crippen LogP contribution >= 0.6 is 11.3 Å². The standard InChI is InChI=1S/C26H29N3O3S2/c1-5-14-29-23-11-8-21(18(2)3)17-24(23)33-26(29)27-25(30)20-6-9-22(10-7-20)34(31,32)28-15-12-19(4)13-16-28/h1,6-11,17-19H,12-16H2,2-4H3. The molecular weight excluding hydrogens is 466 g/mol. The summed E-state index contributed by atoms with van der Waals surface area (Å²) < 4.78 is 30.3. The predicted molar refractivity (Wildman–Crippen MR) is 136 cm³/mol. The van der Waals surface area contributed by atoms with Gasteiger partial charge in [-0.15, -0.1) is 6.42 Å². The number of aromatic nitrogens is 1. The summed E-state index contributed by atoms with van der Waals surface area (Å²) in [7, 11) is -3.56. The third-order valence-corrected chi connectivity index (χ3v) is 9.26. The van der Waals surface area contributed by atoms with Crippen molar-refractivity contribution in [2.45, 2.75) is 51.0 Å². The molecular formula is C26H29N3O3S2. The van der Waals surface area contributed by atoms with Gasteiger partial charge in [0, 0.05) is 18.7 Å². The number of terminal acetylenes is 1. The molecule has 1 amide bonds. The summed E-state index contributed by atoms with van der Waals surface area (Å²) in [4.78, 5) is 18.0. The Kier molecular flexibility index (Phi) is 7.08. The normalized spacial score (nSPS) is 16.3. The Bertz CT molecular complexity index is 1420. The van der Waals surface area contributed by atoms with E-state index >= 15 is 0 Å². The molecule has 8 heteroatoms. The molecule has 34 heavy (non-hydrogen) atoms. The zero-order chi connectivity index (χ0) is 24.5. The SMILES string of the molecule is C#CCn1c(=NC(=O)c2ccc(S(=O)(=O)N3CCC(C)CC3)cc2)sc2cc(C(C)C)ccc21. The van der Waals surface area contributed by atoms with Gasteiger partial charge in [-0.2, -0.15) is 9.30 Å². The minimum absolute atomic E-state index is 0.198. The largest absolute Gasteiger partial charge is 0.305 e. The van der Waals surface area contributed by atoms with Crippen LogP contribution < -0.4 is 4.80 Å². The second kappa shape index (κ2) is 9.87. The maximum atomic E-state index is 13.0. The van der Waals surface area contributed by atoms with Crippen LogP contribution in [0.2, 0.25) is 0 Å². The molecule has 0 atom stereocenters. The molecule has 0 aliphatic carbocycles. The lowest BCUT2D eigenvalue weighted by atomic mass is 10.0. The number of rotatable bonds is 5. The van der Waals surface area contributed by atoms with E-state index in [-0.39, 0.29) is 4.90 Å². The first kappa shape index (κ1) is 24.4. The third-order valence-electron chi connectivity index (χ3n) is 6.30. The third kappa shape index (κ3) is 4.88. The predicted octanol–water partition coefficient (Wildman–Crippen LogP) is 4.62. The minimum Gasteiger partial charge on any atom is -0.305 e. The Labute approximate surface area is 205 Å². The molecule has 0 unspecified atom stereocenters. The van der Waals surface area contributed by atoms with Crippen LogP contribution in [0.15, 0.2) is 52.4 Å². The van der Waals surface area contributed by atoms with E-state index in [1.807, 2.05) is 10.6 Å². The number of hydrogen-bond acceptors (Lipinski definition) is 4. The zero-order valence-electron chi connectivity index (χ0n) is 19.7. The lowest BCUT2D eigenvalue weighted by molar-refractivity contribution is 0.0997. The van der Waals surface area contributed by atoms with Crippen LogP contribution in [0.3, 0.4) is 0 Å².